The summed E-state index contributed by atoms with van der Waals surface area (Å²) in [5.74, 6) is -1.63. The average molecular weight is 571 g/mol. The molecule has 1 unspecified atom stereocenters. The van der Waals surface area contributed by atoms with Crippen LogP contribution in [0.2, 0.25) is 0 Å². The van der Waals surface area contributed by atoms with Crippen LogP contribution in [-0.4, -0.2) is 68.3 Å². The van der Waals surface area contributed by atoms with Gasteiger partial charge >= 0.3 is 11.9 Å². The molecule has 3 aliphatic carbocycles. The van der Waals surface area contributed by atoms with E-state index in [0.717, 1.165) is 16.7 Å². The van der Waals surface area contributed by atoms with Gasteiger partial charge in [0.1, 0.15) is 11.7 Å². The highest BCUT2D eigenvalue weighted by atomic mass is 16.7. The molecule has 0 radical (unpaired) electrons. The summed E-state index contributed by atoms with van der Waals surface area (Å²) in [6.07, 6.45) is 2.80. The maximum atomic E-state index is 13.4. The summed E-state index contributed by atoms with van der Waals surface area (Å²) in [4.78, 5) is 37.1. The molecule has 1 aromatic rings. The zero-order valence-electron chi connectivity index (χ0n) is 24.7. The van der Waals surface area contributed by atoms with Crippen LogP contribution >= 0.6 is 0 Å². The molecule has 1 saturated carbocycles. The lowest BCUT2D eigenvalue weighted by atomic mass is 9.47. The number of allylic oxidation sites excluding steroid dienone is 1. The molecule has 5 rings (SSSR count). The predicted molar refractivity (Wildman–Crippen MR) is 148 cm³/mol. The van der Waals surface area contributed by atoms with Crippen LogP contribution in [0, 0.1) is 11.3 Å². The van der Waals surface area contributed by atoms with Gasteiger partial charge in [0.25, 0.3) is 0 Å². The molecule has 1 heterocycles. The van der Waals surface area contributed by atoms with Crippen molar-refractivity contribution in [2.75, 3.05) is 0 Å². The molecule has 0 bridgehead atoms. The molecule has 9 nitrogen and oxygen atoms in total. The maximum Gasteiger partial charge on any atom is 0.305 e. The molecule has 0 aromatic heterocycles. The zero-order chi connectivity index (χ0) is 30.1. The number of aryl methyl sites for hydroxylation is 1. The Morgan fingerprint density at radius 2 is 1.76 bits per heavy atom. The second-order valence-corrected chi connectivity index (χ2v) is 13.2. The number of hydrogen-bond acceptors (Lipinski definition) is 9. The van der Waals surface area contributed by atoms with Crippen molar-refractivity contribution in [3.05, 3.63) is 47.0 Å². The lowest BCUT2D eigenvalue weighted by molar-refractivity contribution is -0.324. The van der Waals surface area contributed by atoms with E-state index >= 15 is 0 Å². The van der Waals surface area contributed by atoms with Crippen LogP contribution < -0.4 is 0 Å². The summed E-state index contributed by atoms with van der Waals surface area (Å²) in [6, 6.07) is 6.18. The van der Waals surface area contributed by atoms with Gasteiger partial charge in [0.15, 0.2) is 11.4 Å². The lowest BCUT2D eigenvalue weighted by Gasteiger charge is -2.59. The Labute approximate surface area is 240 Å². The predicted octanol–water partition coefficient (Wildman–Crippen LogP) is 3.22. The molecule has 10 atom stereocenters. The van der Waals surface area contributed by atoms with Gasteiger partial charge in [-0.1, -0.05) is 31.2 Å². The van der Waals surface area contributed by atoms with E-state index in [1.165, 1.54) is 27.7 Å². The Morgan fingerprint density at radius 3 is 2.41 bits per heavy atom. The van der Waals surface area contributed by atoms with Crippen molar-refractivity contribution in [1.82, 2.24) is 0 Å². The standard InChI is InChI=1S/C32H42O9/c1-17(25-16-29(4,36)31(6,37)28(41-25)40-19(3)34)20-9-11-22-21(14-20)10-12-24-23(22)15-27(39-18(2)33)32(38)13-7-8-26(35)30(24,32)5/h7-9,11,14,17,23-25,27-28,36-38H,10,12-13,15-16H2,1-6H3/t17-,23-,24-,25?,27+,28-,29+,30-,31+,32-/m0/s1. The lowest BCUT2D eigenvalue weighted by Crippen LogP contribution is -2.68. The fourth-order valence-corrected chi connectivity index (χ4v) is 7.88. The minimum absolute atomic E-state index is 0.0803. The molecule has 1 aliphatic heterocycles. The highest BCUT2D eigenvalue weighted by molar-refractivity contribution is 5.97. The van der Waals surface area contributed by atoms with Crippen LogP contribution in [0.1, 0.15) is 95.8 Å². The van der Waals surface area contributed by atoms with E-state index in [4.69, 9.17) is 14.2 Å². The van der Waals surface area contributed by atoms with Crippen LogP contribution in [0.4, 0.5) is 0 Å². The number of aliphatic hydroxyl groups is 3. The molecule has 1 aromatic carbocycles. The third kappa shape index (κ3) is 4.56. The summed E-state index contributed by atoms with van der Waals surface area (Å²) in [7, 11) is 0. The zero-order valence-corrected chi connectivity index (χ0v) is 24.7. The van der Waals surface area contributed by atoms with Crippen molar-refractivity contribution in [2.24, 2.45) is 11.3 Å². The first-order valence-corrected chi connectivity index (χ1v) is 14.5. The molecule has 41 heavy (non-hydrogen) atoms. The third-order valence-corrected chi connectivity index (χ3v) is 10.7. The van der Waals surface area contributed by atoms with Gasteiger partial charge in [-0.2, -0.15) is 0 Å². The first-order valence-electron chi connectivity index (χ1n) is 14.5. The summed E-state index contributed by atoms with van der Waals surface area (Å²) >= 11 is 0. The van der Waals surface area contributed by atoms with Gasteiger partial charge in [0, 0.05) is 26.2 Å². The molecule has 4 aliphatic rings. The van der Waals surface area contributed by atoms with Crippen LogP contribution in [0.25, 0.3) is 0 Å². The highest BCUT2D eigenvalue weighted by Gasteiger charge is 2.66. The Bertz CT molecular complexity index is 1280. The number of carbonyl (C=O) groups excluding carboxylic acids is 3. The molecule has 3 N–H and O–H groups in total. The van der Waals surface area contributed by atoms with E-state index in [1.54, 1.807) is 12.2 Å². The maximum absolute atomic E-state index is 13.4. The summed E-state index contributed by atoms with van der Waals surface area (Å²) in [6.45, 7) is 9.28. The van der Waals surface area contributed by atoms with Gasteiger partial charge in [-0.05, 0) is 81.1 Å². The summed E-state index contributed by atoms with van der Waals surface area (Å²) in [5.41, 5.74) is -2.73. The molecular weight excluding hydrogens is 528 g/mol. The van der Waals surface area contributed by atoms with Crippen molar-refractivity contribution in [2.45, 2.75) is 121 Å². The largest absolute Gasteiger partial charge is 0.459 e. The fourth-order valence-electron chi connectivity index (χ4n) is 7.88. The molecular formula is C32H42O9. The van der Waals surface area contributed by atoms with Crippen molar-refractivity contribution in [3.63, 3.8) is 0 Å². The van der Waals surface area contributed by atoms with Crippen molar-refractivity contribution in [3.8, 4) is 0 Å². The minimum atomic E-state index is -1.79. The van der Waals surface area contributed by atoms with Crippen LogP contribution in [0.5, 0.6) is 0 Å². The van der Waals surface area contributed by atoms with Crippen molar-refractivity contribution < 1.29 is 43.9 Å². The number of ketones is 1. The number of benzene rings is 1. The second kappa shape index (κ2) is 10.0. The number of rotatable bonds is 4. The van der Waals surface area contributed by atoms with Crippen molar-refractivity contribution >= 4 is 17.7 Å². The Morgan fingerprint density at radius 1 is 1.07 bits per heavy atom. The Hall–Kier alpha value is -2.59. The van der Waals surface area contributed by atoms with Gasteiger partial charge in [0.05, 0.1) is 17.1 Å². The number of ether oxygens (including phenoxy) is 3. The first-order chi connectivity index (χ1) is 19.0. The number of carbonyl (C=O) groups is 3. The van der Waals surface area contributed by atoms with Gasteiger partial charge in [0.2, 0.25) is 6.29 Å². The smallest absolute Gasteiger partial charge is 0.305 e. The second-order valence-electron chi connectivity index (χ2n) is 13.2. The monoisotopic (exact) mass is 570 g/mol. The van der Waals surface area contributed by atoms with Crippen LogP contribution in [0.15, 0.2) is 30.4 Å². The van der Waals surface area contributed by atoms with E-state index in [2.05, 4.69) is 12.1 Å². The van der Waals surface area contributed by atoms with Gasteiger partial charge < -0.3 is 29.5 Å². The SMILES string of the molecule is CC(=O)O[C@H]1OC([C@@H](C)c2ccc3c(c2)CC[C@H]2[C@H]3C[C@@H](OC(C)=O)[C@@]3(O)CC=CC(=O)[C@]23C)C[C@@](C)(O)[C@]1(C)O. The normalized spacial score (nSPS) is 42.4. The van der Waals surface area contributed by atoms with E-state index in [0.29, 0.717) is 19.3 Å². The van der Waals surface area contributed by atoms with Gasteiger partial charge in [-0.25, -0.2) is 0 Å². The summed E-state index contributed by atoms with van der Waals surface area (Å²) in [5, 5.41) is 33.9. The fraction of sp³-hybridized carbons (Fsp3) is 0.656. The highest BCUT2D eigenvalue weighted by Crippen LogP contribution is 2.61. The van der Waals surface area contributed by atoms with E-state index < -0.39 is 52.7 Å². The number of fused-ring (bicyclic) bond motifs is 5. The Balaban J connectivity index is 1.46. The van der Waals surface area contributed by atoms with Crippen LogP contribution in [-0.2, 0) is 35.0 Å². The minimum Gasteiger partial charge on any atom is -0.459 e. The first kappa shape index (κ1) is 29.9. The molecule has 2 fully saturated rings. The molecule has 0 spiro atoms. The molecule has 9 heteroatoms. The average Bonchev–Trinajstić information content (AvgIpc) is 2.87. The van der Waals surface area contributed by atoms with Gasteiger partial charge in [-0.3, -0.25) is 14.4 Å². The topological polar surface area (TPSA) is 140 Å². The third-order valence-electron chi connectivity index (χ3n) is 10.7. The van der Waals surface area contributed by atoms with Crippen LogP contribution in [0.3, 0.4) is 0 Å². The Kier molecular flexibility index (Phi) is 7.29. The molecule has 224 valence electrons. The van der Waals surface area contributed by atoms with E-state index in [9.17, 15) is 29.7 Å². The molecule has 1 saturated heterocycles. The summed E-state index contributed by atoms with van der Waals surface area (Å²) < 4.78 is 17.0. The van der Waals surface area contributed by atoms with E-state index in [1.807, 2.05) is 19.9 Å². The van der Waals surface area contributed by atoms with Gasteiger partial charge in [-0.15, -0.1) is 0 Å². The van der Waals surface area contributed by atoms with Crippen molar-refractivity contribution in [1.29, 1.82) is 0 Å². The quantitative estimate of drug-likeness (QED) is 0.466. The molecule has 0 amide bonds. The van der Waals surface area contributed by atoms with E-state index in [-0.39, 0.29) is 36.4 Å². The number of esters is 2. The number of hydrogen-bond donors (Lipinski definition) is 3.